The molecular weight excluding hydrogens is 436 g/mol. The molecule has 0 fully saturated rings. The number of amides is 1. The summed E-state index contributed by atoms with van der Waals surface area (Å²) in [5, 5.41) is 15.4. The summed E-state index contributed by atoms with van der Waals surface area (Å²) in [6.45, 7) is 0. The molecule has 2 aromatic rings. The first-order chi connectivity index (χ1) is 7.65. The average Bonchev–Trinajstić information content (AvgIpc) is 2.68. The highest BCUT2D eigenvalue weighted by atomic mass is 127. The number of carbonyl (C=O) groups excluding carboxylic acids is 1. The number of nitrogens with zero attached hydrogens (tertiary/aromatic N) is 3. The van der Waals surface area contributed by atoms with Gasteiger partial charge in [0.2, 0.25) is 0 Å². The minimum absolute atomic E-state index is 0.166. The summed E-state index contributed by atoms with van der Waals surface area (Å²) in [7, 11) is 0. The van der Waals surface area contributed by atoms with Crippen LogP contribution in [0.4, 0.5) is 5.95 Å². The van der Waals surface area contributed by atoms with Gasteiger partial charge in [0, 0.05) is 12.7 Å². The molecule has 8 heteroatoms. The number of aromatic nitrogens is 4. The maximum atomic E-state index is 11.8. The minimum atomic E-state index is -0.252. The number of hydrogen-bond donors (Lipinski definition) is 2. The van der Waals surface area contributed by atoms with Crippen molar-refractivity contribution >= 4 is 57.0 Å². The summed E-state index contributed by atoms with van der Waals surface area (Å²) < 4.78 is 2.01. The van der Waals surface area contributed by atoms with Crippen molar-refractivity contribution in [3.8, 4) is 0 Å². The highest BCUT2D eigenvalue weighted by Crippen LogP contribution is 2.15. The van der Waals surface area contributed by atoms with Crippen LogP contribution in [-0.4, -0.2) is 26.5 Å². The predicted octanol–water partition coefficient (Wildman–Crippen LogP) is 1.66. The van der Waals surface area contributed by atoms with Gasteiger partial charge in [-0.3, -0.25) is 10.1 Å². The number of tetrazole rings is 1. The second-order valence-corrected chi connectivity index (χ2v) is 5.34. The summed E-state index contributed by atoms with van der Waals surface area (Å²) in [5.74, 6) is -0.0864. The van der Waals surface area contributed by atoms with Crippen molar-refractivity contribution in [2.45, 2.75) is 0 Å². The number of benzene rings is 1. The molecule has 0 unspecified atom stereocenters. The van der Waals surface area contributed by atoms with Gasteiger partial charge in [0.25, 0.3) is 11.9 Å². The lowest BCUT2D eigenvalue weighted by molar-refractivity contribution is 0.102. The van der Waals surface area contributed by atoms with E-state index in [2.05, 4.69) is 71.1 Å². The van der Waals surface area contributed by atoms with Crippen LogP contribution in [-0.2, 0) is 0 Å². The van der Waals surface area contributed by atoms with Crippen molar-refractivity contribution in [3.05, 3.63) is 30.9 Å². The fourth-order valence-corrected chi connectivity index (χ4v) is 3.01. The molecule has 0 saturated carbocycles. The van der Waals surface area contributed by atoms with Crippen LogP contribution < -0.4 is 5.32 Å². The largest absolute Gasteiger partial charge is 0.288 e. The second kappa shape index (κ2) is 5.03. The molecule has 1 heterocycles. The van der Waals surface area contributed by atoms with E-state index in [1.807, 2.05) is 6.07 Å². The molecule has 2 N–H and O–H groups in total. The highest BCUT2D eigenvalue weighted by molar-refractivity contribution is 14.1. The molecule has 16 heavy (non-hydrogen) atoms. The third-order valence-electron chi connectivity index (χ3n) is 1.70. The Labute approximate surface area is 118 Å². The fraction of sp³-hybridized carbons (Fsp3) is 0. The Morgan fingerprint density at radius 3 is 2.50 bits per heavy atom. The Morgan fingerprint density at radius 1 is 1.25 bits per heavy atom. The van der Waals surface area contributed by atoms with E-state index in [-0.39, 0.29) is 11.9 Å². The molecular formula is C8H5I2N5O. The van der Waals surface area contributed by atoms with Gasteiger partial charge in [-0.05, 0) is 68.6 Å². The first kappa shape index (κ1) is 11.7. The fourth-order valence-electron chi connectivity index (χ4n) is 1.07. The third-order valence-corrected chi connectivity index (χ3v) is 2.94. The summed E-state index contributed by atoms with van der Waals surface area (Å²) in [6.07, 6.45) is 0. The number of hydrogen-bond acceptors (Lipinski definition) is 4. The number of nitrogens with one attached hydrogen (secondary N) is 2. The van der Waals surface area contributed by atoms with E-state index in [1.54, 1.807) is 12.1 Å². The summed E-state index contributed by atoms with van der Waals surface area (Å²) in [4.78, 5) is 11.8. The maximum Gasteiger partial charge on any atom is 0.270 e. The van der Waals surface area contributed by atoms with Crippen LogP contribution in [0.25, 0.3) is 0 Å². The summed E-state index contributed by atoms with van der Waals surface area (Å²) >= 11 is 4.32. The number of carbonyl (C=O) groups is 1. The number of aromatic amines is 1. The zero-order chi connectivity index (χ0) is 11.5. The molecule has 0 aliphatic heterocycles. The quantitative estimate of drug-likeness (QED) is 0.696. The molecule has 0 spiro atoms. The highest BCUT2D eigenvalue weighted by Gasteiger charge is 2.09. The van der Waals surface area contributed by atoms with Gasteiger partial charge in [0.15, 0.2) is 0 Å². The van der Waals surface area contributed by atoms with Crippen LogP contribution in [0.5, 0.6) is 0 Å². The predicted molar refractivity (Wildman–Crippen MR) is 74.0 cm³/mol. The first-order valence-corrected chi connectivity index (χ1v) is 6.32. The van der Waals surface area contributed by atoms with Crippen LogP contribution in [0.3, 0.4) is 0 Å². The number of H-pyrrole nitrogens is 1. The Hall–Kier alpha value is -0.780. The monoisotopic (exact) mass is 441 g/mol. The van der Waals surface area contributed by atoms with Gasteiger partial charge in [-0.2, -0.15) is 5.21 Å². The SMILES string of the molecule is O=C(Nc1nn[nH]n1)c1cc(I)cc(I)c1. The van der Waals surface area contributed by atoms with E-state index >= 15 is 0 Å². The molecule has 6 nitrogen and oxygen atoms in total. The lowest BCUT2D eigenvalue weighted by atomic mass is 10.2. The lowest BCUT2D eigenvalue weighted by Crippen LogP contribution is -2.13. The molecule has 1 aromatic carbocycles. The van der Waals surface area contributed by atoms with Gasteiger partial charge in [0.1, 0.15) is 0 Å². The van der Waals surface area contributed by atoms with Gasteiger partial charge in [-0.15, -0.1) is 5.10 Å². The lowest BCUT2D eigenvalue weighted by Gasteiger charge is -2.02. The molecule has 1 aromatic heterocycles. The van der Waals surface area contributed by atoms with Crippen molar-refractivity contribution in [3.63, 3.8) is 0 Å². The molecule has 0 atom stereocenters. The maximum absolute atomic E-state index is 11.8. The molecule has 0 aliphatic carbocycles. The molecule has 0 radical (unpaired) electrons. The molecule has 0 bridgehead atoms. The van der Waals surface area contributed by atoms with Gasteiger partial charge < -0.3 is 0 Å². The first-order valence-electron chi connectivity index (χ1n) is 4.16. The van der Waals surface area contributed by atoms with Crippen LogP contribution >= 0.6 is 45.2 Å². The van der Waals surface area contributed by atoms with Gasteiger partial charge in [-0.25, -0.2) is 0 Å². The van der Waals surface area contributed by atoms with Crippen molar-refractivity contribution in [1.82, 2.24) is 20.6 Å². The molecule has 82 valence electrons. The standard InChI is InChI=1S/C8H5I2N5O/c9-5-1-4(2-6(10)3-5)7(16)11-8-12-14-15-13-8/h1-3H,(H2,11,12,13,14,15,16). The Kier molecular flexibility index (Phi) is 3.68. The second-order valence-electron chi connectivity index (χ2n) is 2.85. The van der Waals surface area contributed by atoms with Gasteiger partial charge in [-0.1, -0.05) is 5.10 Å². The van der Waals surface area contributed by atoms with E-state index in [9.17, 15) is 4.79 Å². The van der Waals surface area contributed by atoms with Crippen molar-refractivity contribution in [1.29, 1.82) is 0 Å². The zero-order valence-electron chi connectivity index (χ0n) is 7.74. The van der Waals surface area contributed by atoms with Crippen LogP contribution in [0, 0.1) is 7.14 Å². The molecule has 0 aliphatic rings. The van der Waals surface area contributed by atoms with E-state index in [4.69, 9.17) is 0 Å². The van der Waals surface area contributed by atoms with Crippen molar-refractivity contribution in [2.24, 2.45) is 0 Å². The number of halogens is 2. The zero-order valence-corrected chi connectivity index (χ0v) is 12.1. The Balaban J connectivity index is 2.21. The average molecular weight is 441 g/mol. The van der Waals surface area contributed by atoms with Gasteiger partial charge in [0.05, 0.1) is 0 Å². The van der Waals surface area contributed by atoms with Crippen LogP contribution in [0.2, 0.25) is 0 Å². The van der Waals surface area contributed by atoms with E-state index in [0.717, 1.165) is 7.14 Å². The normalized spacial score (nSPS) is 10.1. The molecule has 1 amide bonds. The molecule has 0 saturated heterocycles. The summed E-state index contributed by atoms with van der Waals surface area (Å²) in [6, 6.07) is 5.56. The minimum Gasteiger partial charge on any atom is -0.288 e. The van der Waals surface area contributed by atoms with E-state index in [1.165, 1.54) is 0 Å². The van der Waals surface area contributed by atoms with E-state index < -0.39 is 0 Å². The Morgan fingerprint density at radius 2 is 1.94 bits per heavy atom. The van der Waals surface area contributed by atoms with Crippen molar-refractivity contribution in [2.75, 3.05) is 5.32 Å². The van der Waals surface area contributed by atoms with E-state index in [0.29, 0.717) is 5.56 Å². The smallest absolute Gasteiger partial charge is 0.270 e. The number of anilines is 1. The van der Waals surface area contributed by atoms with Crippen LogP contribution in [0.1, 0.15) is 10.4 Å². The Bertz CT molecular complexity index is 493. The summed E-state index contributed by atoms with van der Waals surface area (Å²) in [5.41, 5.74) is 0.570. The number of rotatable bonds is 2. The van der Waals surface area contributed by atoms with Crippen molar-refractivity contribution < 1.29 is 4.79 Å². The third kappa shape index (κ3) is 2.87. The topological polar surface area (TPSA) is 83.6 Å². The van der Waals surface area contributed by atoms with Gasteiger partial charge >= 0.3 is 0 Å². The van der Waals surface area contributed by atoms with Crippen LogP contribution in [0.15, 0.2) is 18.2 Å². The molecule has 2 rings (SSSR count).